The molecule has 0 atom stereocenters. The molecule has 0 aliphatic heterocycles. The Morgan fingerprint density at radius 3 is 2.50 bits per heavy atom. The largest absolute Gasteiger partial charge is 0.495 e. The van der Waals surface area contributed by atoms with E-state index in [2.05, 4.69) is 15.8 Å². The Balaban J connectivity index is 1.35. The van der Waals surface area contributed by atoms with E-state index in [4.69, 9.17) is 13.9 Å². The Bertz CT molecular complexity index is 1370. The van der Waals surface area contributed by atoms with Gasteiger partial charge in [0.15, 0.2) is 6.61 Å². The summed E-state index contributed by atoms with van der Waals surface area (Å²) in [6, 6.07) is 18.7. The topological polar surface area (TPSA) is 102 Å². The molecule has 1 heterocycles. The minimum atomic E-state index is -0.419. The van der Waals surface area contributed by atoms with Crippen molar-refractivity contribution in [2.24, 2.45) is 5.10 Å². The summed E-state index contributed by atoms with van der Waals surface area (Å²) in [7, 11) is 1.54. The fourth-order valence-corrected chi connectivity index (χ4v) is 3.46. The predicted molar refractivity (Wildman–Crippen MR) is 131 cm³/mol. The third-order valence-corrected chi connectivity index (χ3v) is 5.15. The highest BCUT2D eigenvalue weighted by molar-refractivity contribution is 6.10. The molecule has 0 saturated heterocycles. The number of ether oxygens (including phenoxy) is 2. The summed E-state index contributed by atoms with van der Waals surface area (Å²) in [5.41, 5.74) is 5.82. The molecule has 8 nitrogen and oxygen atoms in total. The number of carbonyl (C=O) groups excluding carboxylic acids is 2. The minimum absolute atomic E-state index is 0.0135. The van der Waals surface area contributed by atoms with Crippen LogP contribution in [0.4, 0.5) is 5.69 Å². The molecule has 0 unspecified atom stereocenters. The number of methoxy groups -OCH3 is 1. The summed E-state index contributed by atoms with van der Waals surface area (Å²) < 4.78 is 16.8. The molecule has 0 radical (unpaired) electrons. The highest BCUT2D eigenvalue weighted by atomic mass is 16.5. The molecule has 0 fully saturated rings. The van der Waals surface area contributed by atoms with Crippen LogP contribution in [-0.2, 0) is 9.59 Å². The monoisotopic (exact) mass is 459 g/mol. The lowest BCUT2D eigenvalue weighted by atomic mass is 10.1. The molecule has 1 aromatic heterocycles. The van der Waals surface area contributed by atoms with Crippen molar-refractivity contribution in [3.05, 3.63) is 66.2 Å². The summed E-state index contributed by atoms with van der Waals surface area (Å²) in [6.07, 6.45) is -0.0135. The zero-order chi connectivity index (χ0) is 24.1. The smallest absolute Gasteiger partial charge is 0.277 e. The predicted octanol–water partition coefficient (Wildman–Crippen LogP) is 4.80. The molecule has 34 heavy (non-hydrogen) atoms. The molecule has 2 amide bonds. The number of nitrogens with zero attached hydrogens (tertiary/aromatic N) is 1. The van der Waals surface area contributed by atoms with Gasteiger partial charge in [0.25, 0.3) is 5.91 Å². The fraction of sp³-hybridized carbons (Fsp3) is 0.192. The van der Waals surface area contributed by atoms with Crippen LogP contribution in [0.5, 0.6) is 11.5 Å². The molecule has 174 valence electrons. The highest BCUT2D eigenvalue weighted by Gasteiger charge is 2.14. The van der Waals surface area contributed by atoms with Gasteiger partial charge in [-0.05, 0) is 38.1 Å². The molecule has 4 aromatic rings. The zero-order valence-electron chi connectivity index (χ0n) is 19.2. The molecule has 0 saturated carbocycles. The second kappa shape index (κ2) is 10.1. The molecular weight excluding hydrogens is 434 g/mol. The van der Waals surface area contributed by atoms with E-state index in [1.165, 1.54) is 0 Å². The van der Waals surface area contributed by atoms with Crippen molar-refractivity contribution >= 4 is 45.2 Å². The second-order valence-electron chi connectivity index (χ2n) is 7.86. The van der Waals surface area contributed by atoms with Gasteiger partial charge in [-0.2, -0.15) is 5.10 Å². The van der Waals surface area contributed by atoms with E-state index in [1.807, 2.05) is 49.4 Å². The van der Waals surface area contributed by atoms with E-state index in [0.717, 1.165) is 21.9 Å². The molecule has 0 spiro atoms. The number of fused-ring (bicyclic) bond motifs is 3. The van der Waals surface area contributed by atoms with Gasteiger partial charge in [0.05, 0.1) is 19.2 Å². The maximum Gasteiger partial charge on any atom is 0.277 e. The number of nitrogens with one attached hydrogen (secondary N) is 2. The summed E-state index contributed by atoms with van der Waals surface area (Å²) in [5, 5.41) is 8.68. The van der Waals surface area contributed by atoms with Crippen LogP contribution < -0.4 is 20.2 Å². The number of amides is 2. The number of anilines is 1. The average molecular weight is 460 g/mol. The first-order valence-corrected chi connectivity index (χ1v) is 10.7. The molecule has 0 aliphatic rings. The van der Waals surface area contributed by atoms with Crippen LogP contribution in [0.2, 0.25) is 0 Å². The van der Waals surface area contributed by atoms with Gasteiger partial charge < -0.3 is 19.2 Å². The molecule has 2 N–H and O–H groups in total. The Hall–Kier alpha value is -4.33. The van der Waals surface area contributed by atoms with Crippen LogP contribution >= 0.6 is 0 Å². The van der Waals surface area contributed by atoms with Crippen molar-refractivity contribution in [1.82, 2.24) is 5.43 Å². The van der Waals surface area contributed by atoms with Gasteiger partial charge in [0.1, 0.15) is 22.7 Å². The lowest BCUT2D eigenvalue weighted by Crippen LogP contribution is -2.26. The van der Waals surface area contributed by atoms with E-state index in [9.17, 15) is 9.59 Å². The van der Waals surface area contributed by atoms with Gasteiger partial charge in [0.2, 0.25) is 5.91 Å². The van der Waals surface area contributed by atoms with E-state index < -0.39 is 5.91 Å². The van der Waals surface area contributed by atoms with Crippen molar-refractivity contribution in [1.29, 1.82) is 0 Å². The first-order chi connectivity index (χ1) is 16.4. The molecule has 0 bridgehead atoms. The van der Waals surface area contributed by atoms with Crippen LogP contribution in [-0.4, -0.2) is 31.2 Å². The Morgan fingerprint density at radius 2 is 1.74 bits per heavy atom. The summed E-state index contributed by atoms with van der Waals surface area (Å²) in [6.45, 7) is 3.44. The number of benzene rings is 3. The Labute approximate surface area is 196 Å². The number of hydrogen-bond acceptors (Lipinski definition) is 6. The van der Waals surface area contributed by atoms with E-state index in [-0.39, 0.29) is 18.9 Å². The SMILES string of the molecule is COc1cc2c(cc1NC(=O)C/C(C)=N\NC(=O)COc1ccc(C)cc1)oc1ccccc12. The van der Waals surface area contributed by atoms with Crippen LogP contribution in [0, 0.1) is 6.92 Å². The van der Waals surface area contributed by atoms with Gasteiger partial charge in [-0.25, -0.2) is 5.43 Å². The Morgan fingerprint density at radius 1 is 0.971 bits per heavy atom. The number of hydrazone groups is 1. The molecule has 8 heteroatoms. The Kier molecular flexibility index (Phi) is 6.77. The maximum atomic E-state index is 12.6. The first-order valence-electron chi connectivity index (χ1n) is 10.7. The van der Waals surface area contributed by atoms with Crippen LogP contribution in [0.3, 0.4) is 0 Å². The van der Waals surface area contributed by atoms with E-state index in [0.29, 0.717) is 28.5 Å². The summed E-state index contributed by atoms with van der Waals surface area (Å²) in [5.74, 6) is 0.386. The van der Waals surface area contributed by atoms with E-state index >= 15 is 0 Å². The third kappa shape index (κ3) is 5.35. The number of furan rings is 1. The first kappa shape index (κ1) is 22.8. The quantitative estimate of drug-likeness (QED) is 0.291. The van der Waals surface area contributed by atoms with Gasteiger partial charge >= 0.3 is 0 Å². The number of carbonyl (C=O) groups is 2. The van der Waals surface area contributed by atoms with Gasteiger partial charge in [-0.3, -0.25) is 9.59 Å². The lowest BCUT2D eigenvalue weighted by Gasteiger charge is -2.10. The minimum Gasteiger partial charge on any atom is -0.495 e. The molecule has 3 aromatic carbocycles. The maximum absolute atomic E-state index is 12.6. The second-order valence-corrected chi connectivity index (χ2v) is 7.86. The standard InChI is InChI=1S/C26H25N3O5/c1-16-8-10-18(11-9-16)33-15-26(31)29-28-17(2)12-25(30)27-21-14-23-20(13-24(21)32-3)19-6-4-5-7-22(19)34-23/h4-11,13-14H,12,15H2,1-3H3,(H,27,30)(H,29,31)/b28-17-. The van der Waals surface area contributed by atoms with Crippen molar-refractivity contribution in [3.63, 3.8) is 0 Å². The van der Waals surface area contributed by atoms with E-state index in [1.54, 1.807) is 32.2 Å². The molecular formula is C26H25N3O5. The molecule has 0 aliphatic carbocycles. The van der Waals surface area contributed by atoms with Crippen molar-refractivity contribution in [2.45, 2.75) is 20.3 Å². The van der Waals surface area contributed by atoms with Crippen LogP contribution in [0.15, 0.2) is 70.2 Å². The van der Waals surface area contributed by atoms with Crippen molar-refractivity contribution in [2.75, 3.05) is 19.0 Å². The fourth-order valence-electron chi connectivity index (χ4n) is 3.46. The van der Waals surface area contributed by atoms with Crippen molar-refractivity contribution in [3.8, 4) is 11.5 Å². The summed E-state index contributed by atoms with van der Waals surface area (Å²) >= 11 is 0. The third-order valence-electron chi connectivity index (χ3n) is 5.15. The zero-order valence-corrected chi connectivity index (χ0v) is 19.2. The van der Waals surface area contributed by atoms with Gasteiger partial charge in [-0.1, -0.05) is 35.9 Å². The lowest BCUT2D eigenvalue weighted by molar-refractivity contribution is -0.123. The number of rotatable bonds is 8. The van der Waals surface area contributed by atoms with Crippen LogP contribution in [0.25, 0.3) is 21.9 Å². The highest BCUT2D eigenvalue weighted by Crippen LogP contribution is 2.36. The van der Waals surface area contributed by atoms with Crippen molar-refractivity contribution < 1.29 is 23.5 Å². The normalized spacial score (nSPS) is 11.4. The van der Waals surface area contributed by atoms with Gasteiger partial charge in [0, 0.05) is 22.6 Å². The average Bonchev–Trinajstić information content (AvgIpc) is 3.19. The summed E-state index contributed by atoms with van der Waals surface area (Å²) in [4.78, 5) is 24.5. The number of para-hydroxylation sites is 1. The van der Waals surface area contributed by atoms with Crippen LogP contribution in [0.1, 0.15) is 18.9 Å². The number of hydrogen-bond donors (Lipinski definition) is 2. The molecule has 4 rings (SSSR count). The number of aryl methyl sites for hydroxylation is 1. The van der Waals surface area contributed by atoms with Gasteiger partial charge in [-0.15, -0.1) is 0 Å².